The van der Waals surface area contributed by atoms with Crippen LogP contribution in [0.25, 0.3) is 0 Å². The van der Waals surface area contributed by atoms with Gasteiger partial charge in [-0.15, -0.1) is 0 Å². The van der Waals surface area contributed by atoms with Gasteiger partial charge in [-0.3, -0.25) is 0 Å². The molecule has 0 saturated heterocycles. The molecule has 20 heavy (non-hydrogen) atoms. The second kappa shape index (κ2) is 5.10. The van der Waals surface area contributed by atoms with Gasteiger partial charge in [0.2, 0.25) is 5.88 Å². The lowest BCUT2D eigenvalue weighted by atomic mass is 9.88. The second-order valence-corrected chi connectivity index (χ2v) is 5.35. The lowest BCUT2D eigenvalue weighted by Crippen LogP contribution is -2.33. The van der Waals surface area contributed by atoms with Crippen molar-refractivity contribution in [1.82, 2.24) is 4.98 Å². The van der Waals surface area contributed by atoms with E-state index < -0.39 is 12.6 Å². The van der Waals surface area contributed by atoms with Crippen LogP contribution in [-0.4, -0.2) is 28.3 Å². The molecule has 0 bridgehead atoms. The molecule has 6 nitrogen and oxygen atoms in total. The molecule has 2 rings (SSSR count). The van der Waals surface area contributed by atoms with Crippen LogP contribution in [0.1, 0.15) is 36.2 Å². The number of hydrogen-bond donors (Lipinski definition) is 1. The Morgan fingerprint density at radius 3 is 2.85 bits per heavy atom. The fourth-order valence-corrected chi connectivity index (χ4v) is 2.25. The highest BCUT2D eigenvalue weighted by atomic mass is 16.5. The van der Waals surface area contributed by atoms with E-state index in [2.05, 4.69) is 11.1 Å². The van der Waals surface area contributed by atoms with Crippen molar-refractivity contribution in [2.75, 3.05) is 6.61 Å². The number of nitriles is 1. The highest BCUT2D eigenvalue weighted by Gasteiger charge is 2.31. The molecule has 0 radical (unpaired) electrons. The zero-order valence-corrected chi connectivity index (χ0v) is 11.7. The number of carbonyl (C=O) groups is 1. The second-order valence-electron chi connectivity index (χ2n) is 5.35. The van der Waals surface area contributed by atoms with Crippen molar-refractivity contribution in [3.63, 3.8) is 0 Å². The monoisotopic (exact) mass is 276 g/mol. The number of hydrogen-bond acceptors (Lipinski definition) is 5. The third-order valence-electron chi connectivity index (χ3n) is 3.24. The first kappa shape index (κ1) is 14.3. The molecule has 0 aliphatic carbocycles. The van der Waals surface area contributed by atoms with E-state index in [0.717, 1.165) is 11.1 Å². The first-order valence-corrected chi connectivity index (χ1v) is 6.25. The first-order chi connectivity index (χ1) is 9.34. The molecule has 0 atom stereocenters. The molecule has 0 aromatic carbocycles. The number of aliphatic carboxylic acids is 1. The number of carboxylic acid groups (broad SMARTS) is 1. The van der Waals surface area contributed by atoms with Gasteiger partial charge in [-0.2, -0.15) is 5.26 Å². The summed E-state index contributed by atoms with van der Waals surface area (Å²) >= 11 is 0. The van der Waals surface area contributed by atoms with Gasteiger partial charge in [0.1, 0.15) is 11.6 Å². The number of pyridine rings is 1. The molecule has 0 fully saturated rings. The molecule has 1 aliphatic rings. The summed E-state index contributed by atoms with van der Waals surface area (Å²) in [5.74, 6) is -1.02. The molecule has 6 heteroatoms. The van der Waals surface area contributed by atoms with Gasteiger partial charge < -0.3 is 14.6 Å². The number of rotatable bonds is 3. The van der Waals surface area contributed by atoms with Crippen LogP contribution in [0.5, 0.6) is 5.88 Å². The molecular formula is C14H16N2O4. The van der Waals surface area contributed by atoms with Crippen molar-refractivity contribution in [2.24, 2.45) is 0 Å². The SMILES string of the molecule is Cc1nc(OCC(=O)O)c(C#N)c2c1COC(C)(C)C2. The van der Waals surface area contributed by atoms with Crippen LogP contribution in [0, 0.1) is 18.3 Å². The summed E-state index contributed by atoms with van der Waals surface area (Å²) in [7, 11) is 0. The molecule has 1 aromatic heterocycles. The Hall–Kier alpha value is -2.13. The van der Waals surface area contributed by atoms with Crippen molar-refractivity contribution in [2.45, 2.75) is 39.4 Å². The molecule has 106 valence electrons. The summed E-state index contributed by atoms with van der Waals surface area (Å²) in [6.07, 6.45) is 0.567. The smallest absolute Gasteiger partial charge is 0.341 e. The van der Waals surface area contributed by atoms with Crippen molar-refractivity contribution in [3.05, 3.63) is 22.4 Å². The molecule has 0 unspecified atom stereocenters. The van der Waals surface area contributed by atoms with Gasteiger partial charge in [0.05, 0.1) is 12.2 Å². The molecule has 0 spiro atoms. The maximum atomic E-state index is 10.6. The van der Waals surface area contributed by atoms with Crippen molar-refractivity contribution < 1.29 is 19.4 Å². The number of fused-ring (bicyclic) bond motifs is 1. The Morgan fingerprint density at radius 1 is 1.55 bits per heavy atom. The summed E-state index contributed by atoms with van der Waals surface area (Å²) in [5, 5.41) is 18.0. The Balaban J connectivity index is 2.49. The number of ether oxygens (including phenoxy) is 2. The molecular weight excluding hydrogens is 260 g/mol. The van der Waals surface area contributed by atoms with Gasteiger partial charge in [0.15, 0.2) is 6.61 Å². The largest absolute Gasteiger partial charge is 0.479 e. The molecule has 0 saturated carbocycles. The standard InChI is InChI=1S/C14H16N2O4/c1-8-11-6-20-14(2,3)4-9(11)10(5-15)13(16-8)19-7-12(17)18/h4,6-7H2,1-3H3,(H,17,18). The quantitative estimate of drug-likeness (QED) is 0.901. The van der Waals surface area contributed by atoms with E-state index in [1.54, 1.807) is 6.92 Å². The molecule has 2 heterocycles. The predicted molar refractivity (Wildman–Crippen MR) is 69.4 cm³/mol. The Morgan fingerprint density at radius 2 is 2.25 bits per heavy atom. The summed E-state index contributed by atoms with van der Waals surface area (Å²) < 4.78 is 10.9. The normalized spacial score (nSPS) is 16.1. The van der Waals surface area contributed by atoms with E-state index in [1.807, 2.05) is 13.8 Å². The van der Waals surface area contributed by atoms with Gasteiger partial charge in [0.25, 0.3) is 0 Å². The zero-order chi connectivity index (χ0) is 14.9. The first-order valence-electron chi connectivity index (χ1n) is 6.25. The minimum Gasteiger partial charge on any atom is -0.479 e. The Kier molecular flexibility index (Phi) is 3.64. The fraction of sp³-hybridized carbons (Fsp3) is 0.500. The van der Waals surface area contributed by atoms with E-state index in [0.29, 0.717) is 24.3 Å². The van der Waals surface area contributed by atoms with Crippen LogP contribution >= 0.6 is 0 Å². The van der Waals surface area contributed by atoms with Gasteiger partial charge in [0, 0.05) is 17.7 Å². The Labute approximate surface area is 117 Å². The van der Waals surface area contributed by atoms with E-state index in [1.165, 1.54) is 0 Å². The van der Waals surface area contributed by atoms with Gasteiger partial charge in [-0.1, -0.05) is 0 Å². The summed E-state index contributed by atoms with van der Waals surface area (Å²) in [4.78, 5) is 14.8. The van der Waals surface area contributed by atoms with E-state index in [4.69, 9.17) is 14.6 Å². The van der Waals surface area contributed by atoms with Gasteiger partial charge >= 0.3 is 5.97 Å². The molecule has 1 N–H and O–H groups in total. The number of nitrogens with zero attached hydrogens (tertiary/aromatic N) is 2. The molecule has 0 amide bonds. The highest BCUT2D eigenvalue weighted by Crippen LogP contribution is 2.34. The van der Waals surface area contributed by atoms with Crippen molar-refractivity contribution in [1.29, 1.82) is 5.26 Å². The van der Waals surface area contributed by atoms with E-state index >= 15 is 0 Å². The maximum absolute atomic E-state index is 10.6. The summed E-state index contributed by atoms with van der Waals surface area (Å²) in [6, 6.07) is 2.08. The highest BCUT2D eigenvalue weighted by molar-refractivity contribution is 5.68. The fourth-order valence-electron chi connectivity index (χ4n) is 2.25. The number of aryl methyl sites for hydroxylation is 1. The van der Waals surface area contributed by atoms with E-state index in [-0.39, 0.29) is 11.5 Å². The lowest BCUT2D eigenvalue weighted by molar-refractivity contribution is -0.139. The van der Waals surface area contributed by atoms with Gasteiger partial charge in [-0.05, 0) is 26.3 Å². The van der Waals surface area contributed by atoms with Crippen LogP contribution in [0.2, 0.25) is 0 Å². The third kappa shape index (κ3) is 2.73. The van der Waals surface area contributed by atoms with Crippen LogP contribution in [0.15, 0.2) is 0 Å². The zero-order valence-electron chi connectivity index (χ0n) is 11.7. The van der Waals surface area contributed by atoms with Crippen molar-refractivity contribution >= 4 is 5.97 Å². The van der Waals surface area contributed by atoms with Crippen LogP contribution in [-0.2, 0) is 22.6 Å². The Bertz CT molecular complexity index is 602. The number of carboxylic acids is 1. The predicted octanol–water partition coefficient (Wildman–Crippen LogP) is 1.58. The third-order valence-corrected chi connectivity index (χ3v) is 3.24. The lowest BCUT2D eigenvalue weighted by Gasteiger charge is -2.33. The summed E-state index contributed by atoms with van der Waals surface area (Å²) in [5.41, 5.74) is 2.38. The average molecular weight is 276 g/mol. The average Bonchev–Trinajstić information content (AvgIpc) is 2.35. The number of aromatic nitrogens is 1. The minimum absolute atomic E-state index is 0.0869. The van der Waals surface area contributed by atoms with Crippen LogP contribution < -0.4 is 4.74 Å². The maximum Gasteiger partial charge on any atom is 0.341 e. The summed E-state index contributed by atoms with van der Waals surface area (Å²) in [6.45, 7) is 5.58. The van der Waals surface area contributed by atoms with E-state index in [9.17, 15) is 10.1 Å². The van der Waals surface area contributed by atoms with Crippen LogP contribution in [0.4, 0.5) is 0 Å². The van der Waals surface area contributed by atoms with Crippen molar-refractivity contribution in [3.8, 4) is 11.9 Å². The minimum atomic E-state index is -1.10. The molecule has 1 aromatic rings. The van der Waals surface area contributed by atoms with Crippen LogP contribution in [0.3, 0.4) is 0 Å². The topological polar surface area (TPSA) is 92.4 Å². The van der Waals surface area contributed by atoms with Gasteiger partial charge in [-0.25, -0.2) is 9.78 Å². The molecule has 1 aliphatic heterocycles.